The molecule has 0 aromatic heterocycles. The van der Waals surface area contributed by atoms with Gasteiger partial charge in [-0.3, -0.25) is 4.79 Å². The molecule has 0 saturated heterocycles. The van der Waals surface area contributed by atoms with E-state index in [4.69, 9.17) is 4.74 Å². The van der Waals surface area contributed by atoms with Gasteiger partial charge in [0.2, 0.25) is 0 Å². The van der Waals surface area contributed by atoms with Crippen LogP contribution in [0.3, 0.4) is 0 Å². The summed E-state index contributed by atoms with van der Waals surface area (Å²) in [5, 5.41) is 0. The van der Waals surface area contributed by atoms with Crippen LogP contribution in [0.25, 0.3) is 0 Å². The van der Waals surface area contributed by atoms with Crippen molar-refractivity contribution < 1.29 is 13.9 Å². The van der Waals surface area contributed by atoms with Crippen molar-refractivity contribution in [2.24, 2.45) is 0 Å². The van der Waals surface area contributed by atoms with E-state index in [1.54, 1.807) is 24.3 Å². The molecule has 0 saturated carbocycles. The highest BCUT2D eigenvalue weighted by Gasteiger charge is 2.25. The minimum Gasteiger partial charge on any atom is -0.426 e. The normalized spacial score (nSPS) is 21.4. The monoisotopic (exact) mass is 166 g/mol. The number of carbonyl (C=O) groups excluding carboxylic acids is 1. The fourth-order valence-corrected chi connectivity index (χ4v) is 1.25. The minimum absolute atomic E-state index is 0.170. The van der Waals surface area contributed by atoms with Gasteiger partial charge in [-0.05, 0) is 6.07 Å². The third-order valence-corrected chi connectivity index (χ3v) is 1.83. The summed E-state index contributed by atoms with van der Waals surface area (Å²) in [6.45, 7) is 0. The summed E-state index contributed by atoms with van der Waals surface area (Å²) < 4.78 is 17.9. The number of benzene rings is 1. The maximum Gasteiger partial charge on any atom is 0.314 e. The third kappa shape index (κ3) is 1.07. The fraction of sp³-hybridized carbons (Fsp3) is 0.222. The number of hydrogen-bond donors (Lipinski definition) is 0. The van der Waals surface area contributed by atoms with E-state index < -0.39 is 12.1 Å². The number of carbonyl (C=O) groups is 1. The molecule has 62 valence electrons. The second-order valence-corrected chi connectivity index (χ2v) is 2.68. The van der Waals surface area contributed by atoms with Crippen molar-refractivity contribution >= 4 is 5.97 Å². The smallest absolute Gasteiger partial charge is 0.314 e. The van der Waals surface area contributed by atoms with Gasteiger partial charge < -0.3 is 4.74 Å². The Bertz CT molecular complexity index is 322. The molecule has 0 bridgehead atoms. The van der Waals surface area contributed by atoms with Gasteiger partial charge in [-0.25, -0.2) is 4.39 Å². The molecule has 0 fully saturated rings. The molecule has 0 spiro atoms. The summed E-state index contributed by atoms with van der Waals surface area (Å²) in [6, 6.07) is 6.67. The van der Waals surface area contributed by atoms with Gasteiger partial charge >= 0.3 is 5.97 Å². The Kier molecular flexibility index (Phi) is 1.57. The summed E-state index contributed by atoms with van der Waals surface area (Å²) in [7, 11) is 0. The number of para-hydroxylation sites is 1. The first kappa shape index (κ1) is 7.28. The van der Waals surface area contributed by atoms with Gasteiger partial charge in [-0.2, -0.15) is 0 Å². The largest absolute Gasteiger partial charge is 0.426 e. The lowest BCUT2D eigenvalue weighted by molar-refractivity contribution is -0.137. The highest BCUT2D eigenvalue weighted by Crippen LogP contribution is 2.34. The molecule has 1 aliphatic heterocycles. The predicted molar refractivity (Wildman–Crippen MR) is 40.5 cm³/mol. The van der Waals surface area contributed by atoms with Crippen LogP contribution in [0.15, 0.2) is 24.3 Å². The standard InChI is InChI=1S/C9H7FO2/c10-7-5-9(11)12-8-4-2-1-3-6(7)8/h1-4,7H,5H2. The van der Waals surface area contributed by atoms with Crippen LogP contribution in [0, 0.1) is 0 Å². The van der Waals surface area contributed by atoms with Gasteiger partial charge in [0.25, 0.3) is 0 Å². The number of halogens is 1. The predicted octanol–water partition coefficient (Wildman–Crippen LogP) is 2.01. The first-order valence-electron chi connectivity index (χ1n) is 3.71. The van der Waals surface area contributed by atoms with Crippen LogP contribution in [0.5, 0.6) is 5.75 Å². The van der Waals surface area contributed by atoms with Crippen molar-refractivity contribution in [1.29, 1.82) is 0 Å². The van der Waals surface area contributed by atoms with Crippen LogP contribution in [-0.4, -0.2) is 5.97 Å². The SMILES string of the molecule is O=C1CC(F)c2ccccc2O1. The average Bonchev–Trinajstić information content (AvgIpc) is 2.04. The second kappa shape index (κ2) is 2.59. The Morgan fingerprint density at radius 2 is 2.17 bits per heavy atom. The topological polar surface area (TPSA) is 26.3 Å². The first-order chi connectivity index (χ1) is 5.77. The number of rotatable bonds is 0. The molecule has 0 amide bonds. The maximum atomic E-state index is 13.1. The minimum atomic E-state index is -1.21. The molecule has 0 aliphatic carbocycles. The zero-order chi connectivity index (χ0) is 8.55. The lowest BCUT2D eigenvalue weighted by Crippen LogP contribution is -2.17. The highest BCUT2D eigenvalue weighted by molar-refractivity contribution is 5.76. The molecule has 0 N–H and O–H groups in total. The van der Waals surface area contributed by atoms with Crippen LogP contribution in [0.1, 0.15) is 18.2 Å². The summed E-state index contributed by atoms with van der Waals surface area (Å²) in [6.07, 6.45) is -1.38. The van der Waals surface area contributed by atoms with Gasteiger partial charge in [0.05, 0.1) is 6.42 Å². The van der Waals surface area contributed by atoms with Gasteiger partial charge in [-0.1, -0.05) is 18.2 Å². The number of ether oxygens (including phenoxy) is 1. The fourth-order valence-electron chi connectivity index (χ4n) is 1.25. The number of alkyl halides is 1. The number of fused-ring (bicyclic) bond motifs is 1. The maximum absolute atomic E-state index is 13.1. The Balaban J connectivity index is 2.47. The summed E-state index contributed by atoms with van der Waals surface area (Å²) in [5.74, 6) is -0.151. The van der Waals surface area contributed by atoms with E-state index in [-0.39, 0.29) is 6.42 Å². The molecular weight excluding hydrogens is 159 g/mol. The van der Waals surface area contributed by atoms with E-state index in [2.05, 4.69) is 0 Å². The van der Waals surface area contributed by atoms with Gasteiger partial charge in [0.15, 0.2) is 0 Å². The van der Waals surface area contributed by atoms with Crippen molar-refractivity contribution in [2.75, 3.05) is 0 Å². The Morgan fingerprint density at radius 3 is 3.00 bits per heavy atom. The highest BCUT2D eigenvalue weighted by atomic mass is 19.1. The zero-order valence-electron chi connectivity index (χ0n) is 6.29. The average molecular weight is 166 g/mol. The van der Waals surface area contributed by atoms with E-state index in [0.717, 1.165) is 0 Å². The zero-order valence-corrected chi connectivity index (χ0v) is 6.29. The molecule has 0 radical (unpaired) electrons. The molecule has 1 heterocycles. The van der Waals surface area contributed by atoms with Crippen LogP contribution >= 0.6 is 0 Å². The van der Waals surface area contributed by atoms with Crippen LogP contribution in [0.2, 0.25) is 0 Å². The summed E-state index contributed by atoms with van der Waals surface area (Å²) in [5.41, 5.74) is 0.470. The Hall–Kier alpha value is -1.38. The summed E-state index contributed by atoms with van der Waals surface area (Å²) in [4.78, 5) is 10.8. The van der Waals surface area contributed by atoms with E-state index in [9.17, 15) is 9.18 Å². The summed E-state index contributed by atoms with van der Waals surface area (Å²) >= 11 is 0. The molecule has 2 rings (SSSR count). The molecule has 3 heteroatoms. The second-order valence-electron chi connectivity index (χ2n) is 2.68. The van der Waals surface area contributed by atoms with E-state index in [1.807, 2.05) is 0 Å². The van der Waals surface area contributed by atoms with Gasteiger partial charge in [0.1, 0.15) is 11.9 Å². The first-order valence-corrected chi connectivity index (χ1v) is 3.71. The Morgan fingerprint density at radius 1 is 1.42 bits per heavy atom. The molecule has 1 atom stereocenters. The van der Waals surface area contributed by atoms with E-state index >= 15 is 0 Å². The lowest BCUT2D eigenvalue weighted by Gasteiger charge is -2.17. The van der Waals surface area contributed by atoms with Crippen molar-refractivity contribution in [1.82, 2.24) is 0 Å². The Labute approximate surface area is 69.0 Å². The molecular formula is C9H7FO2. The molecule has 2 nitrogen and oxygen atoms in total. The number of hydrogen-bond acceptors (Lipinski definition) is 2. The third-order valence-electron chi connectivity index (χ3n) is 1.83. The molecule has 1 unspecified atom stereocenters. The quantitative estimate of drug-likeness (QED) is 0.435. The molecule has 1 aromatic carbocycles. The molecule has 1 aromatic rings. The van der Waals surface area contributed by atoms with Gasteiger partial charge in [-0.15, -0.1) is 0 Å². The van der Waals surface area contributed by atoms with Gasteiger partial charge in [0, 0.05) is 5.56 Å². The van der Waals surface area contributed by atoms with Crippen molar-refractivity contribution in [3.63, 3.8) is 0 Å². The van der Waals surface area contributed by atoms with E-state index in [0.29, 0.717) is 11.3 Å². The lowest BCUT2D eigenvalue weighted by atomic mass is 10.0. The van der Waals surface area contributed by atoms with Crippen LogP contribution in [0.4, 0.5) is 4.39 Å². The van der Waals surface area contributed by atoms with E-state index in [1.165, 1.54) is 0 Å². The van der Waals surface area contributed by atoms with Crippen LogP contribution < -0.4 is 4.74 Å². The van der Waals surface area contributed by atoms with Crippen molar-refractivity contribution in [2.45, 2.75) is 12.6 Å². The molecule has 1 aliphatic rings. The van der Waals surface area contributed by atoms with Crippen LogP contribution in [-0.2, 0) is 4.79 Å². The molecule has 12 heavy (non-hydrogen) atoms. The number of esters is 1. The van der Waals surface area contributed by atoms with Crippen molar-refractivity contribution in [3.8, 4) is 5.75 Å². The van der Waals surface area contributed by atoms with Crippen molar-refractivity contribution in [3.05, 3.63) is 29.8 Å².